The molecule has 1 amide bonds. The van der Waals surface area contributed by atoms with E-state index in [1.54, 1.807) is 23.5 Å². The predicted octanol–water partition coefficient (Wildman–Crippen LogP) is 3.83. The molecule has 3 nitrogen and oxygen atoms in total. The summed E-state index contributed by atoms with van der Waals surface area (Å²) in [6.07, 6.45) is 0. The lowest BCUT2D eigenvalue weighted by Crippen LogP contribution is -2.19. The second kappa shape index (κ2) is 6.01. The van der Waals surface area contributed by atoms with Crippen molar-refractivity contribution in [1.82, 2.24) is 5.43 Å². The highest BCUT2D eigenvalue weighted by Crippen LogP contribution is 2.21. The summed E-state index contributed by atoms with van der Waals surface area (Å²) in [7, 11) is 0. The first-order valence-corrected chi connectivity index (χ1v) is 7.27. The quantitative estimate of drug-likeness (QED) is 0.676. The summed E-state index contributed by atoms with van der Waals surface area (Å²) in [5.74, 6) is -0.186. The highest BCUT2D eigenvalue weighted by molar-refractivity contribution is 7.12. The Bertz CT molecular complexity index is 654. The normalized spacial score (nSPS) is 11.5. The van der Waals surface area contributed by atoms with Gasteiger partial charge in [0.15, 0.2) is 0 Å². The number of hydrogen-bond acceptors (Lipinski definition) is 3. The van der Waals surface area contributed by atoms with Crippen molar-refractivity contribution in [2.24, 2.45) is 5.10 Å². The van der Waals surface area contributed by atoms with Crippen LogP contribution in [0.15, 0.2) is 35.4 Å². The maximum absolute atomic E-state index is 12.0. The molecule has 1 N–H and O–H groups in total. The molecule has 1 aromatic carbocycles. The summed E-state index contributed by atoms with van der Waals surface area (Å²) in [6.45, 7) is 8.03. The molecule has 0 aliphatic carbocycles. The topological polar surface area (TPSA) is 41.5 Å². The van der Waals surface area contributed by atoms with Crippen LogP contribution in [0.2, 0.25) is 0 Å². The van der Waals surface area contributed by atoms with Gasteiger partial charge in [0, 0.05) is 20.9 Å². The lowest BCUT2D eigenvalue weighted by Gasteiger charge is -2.03. The van der Waals surface area contributed by atoms with Gasteiger partial charge in [0.2, 0.25) is 0 Å². The Kier molecular flexibility index (Phi) is 4.35. The molecule has 0 fully saturated rings. The molecular formula is C16H18N2OS. The number of hydrogen-bond donors (Lipinski definition) is 1. The molecule has 20 heavy (non-hydrogen) atoms. The van der Waals surface area contributed by atoms with E-state index in [1.165, 1.54) is 9.75 Å². The van der Waals surface area contributed by atoms with Crippen molar-refractivity contribution in [1.29, 1.82) is 0 Å². The maximum atomic E-state index is 12.0. The maximum Gasteiger partial charge on any atom is 0.271 e. The molecule has 0 unspecified atom stereocenters. The Morgan fingerprint density at radius 3 is 2.35 bits per heavy atom. The lowest BCUT2D eigenvalue weighted by molar-refractivity contribution is 0.0955. The zero-order valence-corrected chi connectivity index (χ0v) is 13.0. The third-order valence-electron chi connectivity index (χ3n) is 3.07. The molecule has 104 valence electrons. The van der Waals surface area contributed by atoms with E-state index >= 15 is 0 Å². The number of nitrogens with one attached hydrogen (secondary N) is 1. The molecule has 0 saturated heterocycles. The molecule has 4 heteroatoms. The summed E-state index contributed by atoms with van der Waals surface area (Å²) in [6, 6.07) is 9.53. The van der Waals surface area contributed by atoms with Gasteiger partial charge in [-0.05, 0) is 45.9 Å². The van der Waals surface area contributed by atoms with Crippen LogP contribution in [0.1, 0.15) is 38.2 Å². The number of benzene rings is 1. The number of thiophene rings is 1. The Morgan fingerprint density at radius 1 is 1.15 bits per heavy atom. The highest BCUT2D eigenvalue weighted by atomic mass is 32.1. The first-order chi connectivity index (χ1) is 9.47. The van der Waals surface area contributed by atoms with E-state index in [1.807, 2.05) is 26.0 Å². The fraction of sp³-hybridized carbons (Fsp3) is 0.250. The molecular weight excluding hydrogens is 268 g/mol. The first-order valence-electron chi connectivity index (χ1n) is 6.46. The Morgan fingerprint density at radius 2 is 1.80 bits per heavy atom. The summed E-state index contributed by atoms with van der Waals surface area (Å²) < 4.78 is 0. The van der Waals surface area contributed by atoms with Crippen molar-refractivity contribution >= 4 is 23.0 Å². The van der Waals surface area contributed by atoms with E-state index in [0.717, 1.165) is 16.8 Å². The summed E-state index contributed by atoms with van der Waals surface area (Å²) in [5.41, 5.74) is 6.27. The van der Waals surface area contributed by atoms with Crippen LogP contribution in [-0.2, 0) is 0 Å². The second-order valence-electron chi connectivity index (χ2n) is 4.83. The van der Waals surface area contributed by atoms with Gasteiger partial charge < -0.3 is 0 Å². The third kappa shape index (κ3) is 3.33. The fourth-order valence-corrected chi connectivity index (χ4v) is 2.93. The molecule has 0 saturated carbocycles. The van der Waals surface area contributed by atoms with Crippen molar-refractivity contribution in [3.63, 3.8) is 0 Å². The molecule has 2 rings (SSSR count). The van der Waals surface area contributed by atoms with Crippen LogP contribution in [-0.4, -0.2) is 11.6 Å². The van der Waals surface area contributed by atoms with Gasteiger partial charge in [-0.15, -0.1) is 11.3 Å². The number of carbonyl (C=O) groups excluding carboxylic acids is 1. The average molecular weight is 286 g/mol. The molecule has 1 aromatic heterocycles. The molecule has 0 aliphatic rings. The largest absolute Gasteiger partial charge is 0.271 e. The smallest absolute Gasteiger partial charge is 0.267 e. The first kappa shape index (κ1) is 14.5. The minimum absolute atomic E-state index is 0.186. The van der Waals surface area contributed by atoms with Gasteiger partial charge in [0.1, 0.15) is 0 Å². The third-order valence-corrected chi connectivity index (χ3v) is 4.04. The SMILES string of the molecule is C/C(=N/NC(=O)c1ccc(C)cc1)c1cc(C)sc1C. The van der Waals surface area contributed by atoms with Gasteiger partial charge in [-0.3, -0.25) is 4.79 Å². The predicted molar refractivity (Wildman–Crippen MR) is 84.6 cm³/mol. The fourth-order valence-electron chi connectivity index (χ4n) is 1.95. The van der Waals surface area contributed by atoms with Crippen LogP contribution < -0.4 is 5.43 Å². The highest BCUT2D eigenvalue weighted by Gasteiger charge is 2.07. The summed E-state index contributed by atoms with van der Waals surface area (Å²) >= 11 is 1.74. The number of hydrazone groups is 1. The zero-order valence-electron chi connectivity index (χ0n) is 12.2. The molecule has 1 heterocycles. The molecule has 0 spiro atoms. The van der Waals surface area contributed by atoms with Crippen LogP contribution in [0.5, 0.6) is 0 Å². The average Bonchev–Trinajstić information content (AvgIpc) is 2.75. The number of carbonyl (C=O) groups is 1. The van der Waals surface area contributed by atoms with Crippen LogP contribution in [0.25, 0.3) is 0 Å². The number of amides is 1. The van der Waals surface area contributed by atoms with Crippen molar-refractivity contribution in [2.75, 3.05) is 0 Å². The Labute approximate surface area is 123 Å². The van der Waals surface area contributed by atoms with E-state index < -0.39 is 0 Å². The minimum atomic E-state index is -0.186. The number of nitrogens with zero attached hydrogens (tertiary/aromatic N) is 1. The Balaban J connectivity index is 2.10. The van der Waals surface area contributed by atoms with E-state index in [-0.39, 0.29) is 5.91 Å². The summed E-state index contributed by atoms with van der Waals surface area (Å²) in [4.78, 5) is 14.4. The van der Waals surface area contributed by atoms with E-state index in [2.05, 4.69) is 30.4 Å². The van der Waals surface area contributed by atoms with Gasteiger partial charge in [-0.25, -0.2) is 5.43 Å². The lowest BCUT2D eigenvalue weighted by atomic mass is 10.1. The summed E-state index contributed by atoms with van der Waals surface area (Å²) in [5, 5.41) is 4.19. The van der Waals surface area contributed by atoms with Gasteiger partial charge in [-0.2, -0.15) is 5.10 Å². The monoisotopic (exact) mass is 286 g/mol. The molecule has 2 aromatic rings. The van der Waals surface area contributed by atoms with Gasteiger partial charge in [0.25, 0.3) is 5.91 Å². The number of aryl methyl sites for hydroxylation is 3. The van der Waals surface area contributed by atoms with Crippen molar-refractivity contribution in [3.05, 3.63) is 56.8 Å². The van der Waals surface area contributed by atoms with Crippen LogP contribution in [0.3, 0.4) is 0 Å². The zero-order chi connectivity index (χ0) is 14.7. The van der Waals surface area contributed by atoms with Crippen LogP contribution in [0, 0.1) is 20.8 Å². The van der Waals surface area contributed by atoms with E-state index in [0.29, 0.717) is 5.56 Å². The van der Waals surface area contributed by atoms with Crippen LogP contribution >= 0.6 is 11.3 Å². The Hall–Kier alpha value is -1.94. The van der Waals surface area contributed by atoms with Crippen molar-refractivity contribution in [2.45, 2.75) is 27.7 Å². The van der Waals surface area contributed by atoms with Gasteiger partial charge in [0.05, 0.1) is 5.71 Å². The van der Waals surface area contributed by atoms with E-state index in [9.17, 15) is 4.79 Å². The van der Waals surface area contributed by atoms with Gasteiger partial charge in [-0.1, -0.05) is 17.7 Å². The van der Waals surface area contributed by atoms with Crippen molar-refractivity contribution in [3.8, 4) is 0 Å². The number of rotatable bonds is 3. The minimum Gasteiger partial charge on any atom is -0.267 e. The second-order valence-corrected chi connectivity index (χ2v) is 6.29. The van der Waals surface area contributed by atoms with Gasteiger partial charge >= 0.3 is 0 Å². The molecule has 0 aliphatic heterocycles. The molecule has 0 atom stereocenters. The van der Waals surface area contributed by atoms with Crippen LogP contribution in [0.4, 0.5) is 0 Å². The van der Waals surface area contributed by atoms with Crippen molar-refractivity contribution < 1.29 is 4.79 Å². The standard InChI is InChI=1S/C16H18N2OS/c1-10-5-7-14(8-6-10)16(19)18-17-12(3)15-9-11(2)20-13(15)4/h5-9H,1-4H3,(H,18,19)/b17-12-. The molecule has 0 radical (unpaired) electrons. The van der Waals surface area contributed by atoms with E-state index in [4.69, 9.17) is 0 Å². The molecule has 0 bridgehead atoms.